The lowest BCUT2D eigenvalue weighted by molar-refractivity contribution is 1.18. The van der Waals surface area contributed by atoms with Crippen LogP contribution in [0.5, 0.6) is 0 Å². The van der Waals surface area contributed by atoms with Gasteiger partial charge in [-0.15, -0.1) is 0 Å². The standard InChI is InChI=1S/C59H39N3/c1-2-15-40(16-3-1)41-31-33-42(34-32-41)47-38-54(60-55(39-47)46-20-14-22-49(37-46)62-58-29-10-6-25-52(58)53-26-7-11-30-59(53)62)45-19-12-17-43(35-45)44-18-13-21-48(36-44)61-56-27-8-4-23-50(56)51-24-5-9-28-57(51)61/h1-39H. The highest BCUT2D eigenvalue weighted by atomic mass is 15.0. The van der Waals surface area contributed by atoms with E-state index in [1.165, 1.54) is 54.7 Å². The molecular weight excluding hydrogens is 751 g/mol. The molecule has 0 N–H and O–H groups in total. The summed E-state index contributed by atoms with van der Waals surface area (Å²) < 4.78 is 4.75. The summed E-state index contributed by atoms with van der Waals surface area (Å²) in [4.78, 5) is 5.46. The van der Waals surface area contributed by atoms with Gasteiger partial charge in [0.2, 0.25) is 0 Å². The van der Waals surface area contributed by atoms with Gasteiger partial charge in [0.25, 0.3) is 0 Å². The molecule has 0 bridgehead atoms. The Morgan fingerprint density at radius 1 is 0.226 bits per heavy atom. The van der Waals surface area contributed by atoms with Crippen LogP contribution in [0.15, 0.2) is 237 Å². The Balaban J connectivity index is 0.988. The van der Waals surface area contributed by atoms with Gasteiger partial charge in [-0.3, -0.25) is 0 Å². The first-order valence-electron chi connectivity index (χ1n) is 21.2. The smallest absolute Gasteiger partial charge is 0.0716 e. The number of hydrogen-bond donors (Lipinski definition) is 0. The quantitative estimate of drug-likeness (QED) is 0.158. The highest BCUT2D eigenvalue weighted by Crippen LogP contribution is 2.38. The average molecular weight is 790 g/mol. The summed E-state index contributed by atoms with van der Waals surface area (Å²) in [7, 11) is 0. The van der Waals surface area contributed by atoms with Gasteiger partial charge in [0.1, 0.15) is 0 Å². The zero-order valence-corrected chi connectivity index (χ0v) is 33.9. The van der Waals surface area contributed by atoms with Crippen LogP contribution in [0.3, 0.4) is 0 Å². The molecule has 0 amide bonds. The summed E-state index contributed by atoms with van der Waals surface area (Å²) >= 11 is 0. The van der Waals surface area contributed by atoms with Crippen molar-refractivity contribution in [1.29, 1.82) is 0 Å². The van der Waals surface area contributed by atoms with Gasteiger partial charge in [0, 0.05) is 44.0 Å². The molecule has 3 heteroatoms. The van der Waals surface area contributed by atoms with Crippen LogP contribution in [0.1, 0.15) is 0 Å². The van der Waals surface area contributed by atoms with Gasteiger partial charge in [-0.1, -0.05) is 170 Å². The number of pyridine rings is 1. The molecule has 0 aliphatic rings. The minimum atomic E-state index is 0.922. The van der Waals surface area contributed by atoms with Crippen molar-refractivity contribution in [2.75, 3.05) is 0 Å². The number of aromatic nitrogens is 3. The second kappa shape index (κ2) is 14.8. The maximum absolute atomic E-state index is 5.46. The molecule has 0 radical (unpaired) electrons. The Kier molecular flexibility index (Phi) is 8.50. The largest absolute Gasteiger partial charge is 0.309 e. The van der Waals surface area contributed by atoms with Crippen LogP contribution in [-0.2, 0) is 0 Å². The maximum Gasteiger partial charge on any atom is 0.0716 e. The highest BCUT2D eigenvalue weighted by molar-refractivity contribution is 6.10. The van der Waals surface area contributed by atoms with Gasteiger partial charge in [-0.05, 0) is 100 Å². The number of rotatable bonds is 7. The van der Waals surface area contributed by atoms with Crippen molar-refractivity contribution in [3.63, 3.8) is 0 Å². The molecule has 0 unspecified atom stereocenters. The number of benzene rings is 9. The van der Waals surface area contributed by atoms with Crippen LogP contribution in [0.25, 0.3) is 111 Å². The van der Waals surface area contributed by atoms with Crippen LogP contribution >= 0.6 is 0 Å². The molecule has 0 aliphatic heterocycles. The Morgan fingerprint density at radius 3 is 1.06 bits per heavy atom. The summed E-state index contributed by atoms with van der Waals surface area (Å²) in [6, 6.07) is 85.2. The van der Waals surface area contributed by atoms with Crippen molar-refractivity contribution in [1.82, 2.24) is 14.1 Å². The normalized spacial score (nSPS) is 11.5. The number of para-hydroxylation sites is 4. The predicted molar refractivity (Wildman–Crippen MR) is 260 cm³/mol. The zero-order valence-electron chi connectivity index (χ0n) is 33.9. The molecule has 3 nitrogen and oxygen atoms in total. The maximum atomic E-state index is 5.46. The van der Waals surface area contributed by atoms with Gasteiger partial charge in [0.05, 0.1) is 33.5 Å². The lowest BCUT2D eigenvalue weighted by Crippen LogP contribution is -1.96. The summed E-state index contributed by atoms with van der Waals surface area (Å²) in [6.07, 6.45) is 0. The lowest BCUT2D eigenvalue weighted by atomic mass is 9.96. The van der Waals surface area contributed by atoms with Crippen LogP contribution in [0, 0.1) is 0 Å². The van der Waals surface area contributed by atoms with Gasteiger partial charge in [0.15, 0.2) is 0 Å². The van der Waals surface area contributed by atoms with Crippen molar-refractivity contribution >= 4 is 43.6 Å². The molecule has 0 fully saturated rings. The van der Waals surface area contributed by atoms with E-state index in [1.807, 2.05) is 0 Å². The fourth-order valence-corrected chi connectivity index (χ4v) is 9.37. The summed E-state index contributed by atoms with van der Waals surface area (Å²) in [5.74, 6) is 0. The Bertz CT molecular complexity index is 3520. The Labute approximate surface area is 360 Å². The van der Waals surface area contributed by atoms with Gasteiger partial charge in [-0.25, -0.2) is 4.98 Å². The summed E-state index contributed by atoms with van der Waals surface area (Å²) in [5.41, 5.74) is 17.9. The first-order valence-corrected chi connectivity index (χ1v) is 21.2. The van der Waals surface area contributed by atoms with Crippen molar-refractivity contribution in [2.45, 2.75) is 0 Å². The third-order valence-electron chi connectivity index (χ3n) is 12.3. The molecule has 3 aromatic heterocycles. The second-order valence-corrected chi connectivity index (χ2v) is 16.0. The molecule has 3 heterocycles. The Hall–Kier alpha value is -8.27. The molecule has 0 atom stereocenters. The van der Waals surface area contributed by atoms with Crippen molar-refractivity contribution in [3.8, 4) is 67.3 Å². The molecule has 0 aliphatic carbocycles. The van der Waals surface area contributed by atoms with Gasteiger partial charge in [-0.2, -0.15) is 0 Å². The van der Waals surface area contributed by atoms with Crippen LogP contribution < -0.4 is 0 Å². The third-order valence-corrected chi connectivity index (χ3v) is 12.3. The predicted octanol–water partition coefficient (Wildman–Crippen LogP) is 15.6. The molecule has 0 saturated carbocycles. The molecule has 12 aromatic rings. The lowest BCUT2D eigenvalue weighted by Gasteiger charge is -2.14. The van der Waals surface area contributed by atoms with Crippen LogP contribution in [0.4, 0.5) is 0 Å². The van der Waals surface area contributed by atoms with E-state index in [0.717, 1.165) is 56.1 Å². The SMILES string of the molecule is c1ccc(-c2ccc(-c3cc(-c4cccc(-c5cccc(-n6c7ccccc7c7ccccc76)c5)c4)nc(-c4cccc(-n5c6ccccc6c6ccccc65)c4)c3)cc2)cc1. The van der Waals surface area contributed by atoms with Crippen LogP contribution in [-0.4, -0.2) is 14.1 Å². The van der Waals surface area contributed by atoms with Crippen LogP contribution in [0.2, 0.25) is 0 Å². The van der Waals surface area contributed by atoms with E-state index < -0.39 is 0 Å². The average Bonchev–Trinajstić information content (AvgIpc) is 3.87. The van der Waals surface area contributed by atoms with E-state index in [1.54, 1.807) is 0 Å². The first-order chi connectivity index (χ1) is 30.7. The zero-order chi connectivity index (χ0) is 41.0. The van der Waals surface area contributed by atoms with Gasteiger partial charge >= 0.3 is 0 Å². The fourth-order valence-electron chi connectivity index (χ4n) is 9.37. The minimum Gasteiger partial charge on any atom is -0.309 e. The topological polar surface area (TPSA) is 22.8 Å². The Morgan fingerprint density at radius 2 is 0.565 bits per heavy atom. The number of nitrogens with zero attached hydrogens (tertiary/aromatic N) is 3. The molecule has 62 heavy (non-hydrogen) atoms. The van der Waals surface area contributed by atoms with E-state index in [-0.39, 0.29) is 0 Å². The minimum absolute atomic E-state index is 0.922. The first kappa shape index (κ1) is 35.7. The van der Waals surface area contributed by atoms with E-state index in [0.29, 0.717) is 0 Å². The molecule has 12 rings (SSSR count). The summed E-state index contributed by atoms with van der Waals surface area (Å²) in [6.45, 7) is 0. The molecular formula is C59H39N3. The van der Waals surface area contributed by atoms with Gasteiger partial charge < -0.3 is 9.13 Å². The fraction of sp³-hybridized carbons (Fsp3) is 0. The molecule has 9 aromatic carbocycles. The third kappa shape index (κ3) is 6.10. The molecule has 0 spiro atoms. The highest BCUT2D eigenvalue weighted by Gasteiger charge is 2.16. The number of fused-ring (bicyclic) bond motifs is 6. The monoisotopic (exact) mass is 789 g/mol. The van der Waals surface area contributed by atoms with E-state index in [4.69, 9.17) is 4.98 Å². The van der Waals surface area contributed by atoms with Crippen molar-refractivity contribution in [3.05, 3.63) is 237 Å². The molecule has 0 saturated heterocycles. The van der Waals surface area contributed by atoms with Crippen molar-refractivity contribution in [2.24, 2.45) is 0 Å². The van der Waals surface area contributed by atoms with E-state index >= 15 is 0 Å². The number of hydrogen-bond acceptors (Lipinski definition) is 1. The molecule has 290 valence electrons. The second-order valence-electron chi connectivity index (χ2n) is 16.0. The van der Waals surface area contributed by atoms with E-state index in [9.17, 15) is 0 Å². The summed E-state index contributed by atoms with van der Waals surface area (Å²) in [5, 5.41) is 5.01. The van der Waals surface area contributed by atoms with E-state index in [2.05, 4.69) is 246 Å². The van der Waals surface area contributed by atoms with Crippen molar-refractivity contribution < 1.29 is 0 Å².